The van der Waals surface area contributed by atoms with Crippen LogP contribution >= 0.6 is 80.1 Å². The van der Waals surface area contributed by atoms with Gasteiger partial charge in [0.1, 0.15) is 0 Å². The minimum absolute atomic E-state index is 0.207. The van der Waals surface area contributed by atoms with E-state index in [0.29, 0.717) is 8.67 Å². The van der Waals surface area contributed by atoms with Crippen LogP contribution in [0.4, 0.5) is 0 Å². The number of halogens is 4. The fourth-order valence-electron chi connectivity index (χ4n) is 1.16. The van der Waals surface area contributed by atoms with Crippen LogP contribution in [-0.4, -0.2) is 0 Å². The molecule has 0 radical (unpaired) electrons. The van der Waals surface area contributed by atoms with Gasteiger partial charge in [0, 0.05) is 5.56 Å². The highest BCUT2D eigenvalue weighted by Crippen LogP contribution is 2.41. The third kappa shape index (κ3) is 2.82. The van der Waals surface area contributed by atoms with Gasteiger partial charge in [-0.2, -0.15) is 0 Å². The molecule has 2 aromatic heterocycles. The van der Waals surface area contributed by atoms with Crippen LogP contribution in [0.1, 0.15) is 16.5 Å². The van der Waals surface area contributed by atoms with Crippen molar-refractivity contribution in [1.82, 2.24) is 0 Å². The maximum atomic E-state index is 6.33. The number of hydrogen-bond donors (Lipinski definition) is 0. The average molecular weight is 410 g/mol. The standard InChI is InChI=1S/C9H4Cl3IS2/c10-6-2-5(9(12)15-6)8(11)4-1-7(13)14-3-4/h1-3,8H. The van der Waals surface area contributed by atoms with Crippen LogP contribution in [0.5, 0.6) is 0 Å². The Morgan fingerprint density at radius 1 is 1.27 bits per heavy atom. The normalized spacial score (nSPS) is 13.1. The Bertz CT molecular complexity index is 477. The summed E-state index contributed by atoms with van der Waals surface area (Å²) in [5, 5.41) is 1.84. The van der Waals surface area contributed by atoms with E-state index in [4.69, 9.17) is 34.8 Å². The molecule has 0 saturated carbocycles. The molecular formula is C9H4Cl3IS2. The average Bonchev–Trinajstić information content (AvgIpc) is 2.71. The molecule has 0 aromatic carbocycles. The van der Waals surface area contributed by atoms with Crippen molar-refractivity contribution in [2.24, 2.45) is 0 Å². The molecule has 0 amide bonds. The van der Waals surface area contributed by atoms with E-state index in [0.717, 1.165) is 11.1 Å². The Hall–Kier alpha value is 1.000. The number of alkyl halides is 1. The summed E-state index contributed by atoms with van der Waals surface area (Å²) >= 11 is 23.5. The van der Waals surface area contributed by atoms with Crippen molar-refractivity contribution in [3.63, 3.8) is 0 Å². The second kappa shape index (κ2) is 5.10. The molecule has 15 heavy (non-hydrogen) atoms. The molecular weight excluding hydrogens is 405 g/mol. The Balaban J connectivity index is 2.35. The predicted octanol–water partition coefficient (Wildman–Crippen LogP) is 6.05. The third-order valence-corrected chi connectivity index (χ3v) is 5.65. The lowest BCUT2D eigenvalue weighted by molar-refractivity contribution is 1.17. The van der Waals surface area contributed by atoms with E-state index in [1.54, 1.807) is 11.3 Å². The number of hydrogen-bond acceptors (Lipinski definition) is 2. The van der Waals surface area contributed by atoms with Gasteiger partial charge in [0.25, 0.3) is 0 Å². The lowest BCUT2D eigenvalue weighted by Crippen LogP contribution is -1.88. The largest absolute Gasteiger partial charge is 0.137 e. The molecule has 0 aliphatic heterocycles. The summed E-state index contributed by atoms with van der Waals surface area (Å²) in [4.78, 5) is 0. The van der Waals surface area contributed by atoms with Gasteiger partial charge >= 0.3 is 0 Å². The van der Waals surface area contributed by atoms with E-state index in [2.05, 4.69) is 28.7 Å². The van der Waals surface area contributed by atoms with Gasteiger partial charge < -0.3 is 0 Å². The van der Waals surface area contributed by atoms with Gasteiger partial charge in [-0.3, -0.25) is 0 Å². The molecule has 1 unspecified atom stereocenters. The first-order valence-electron chi connectivity index (χ1n) is 3.90. The molecule has 0 fully saturated rings. The van der Waals surface area contributed by atoms with Gasteiger partial charge in [-0.1, -0.05) is 23.2 Å². The molecule has 1 atom stereocenters. The zero-order valence-electron chi connectivity index (χ0n) is 7.14. The zero-order valence-corrected chi connectivity index (χ0v) is 13.2. The molecule has 0 spiro atoms. The summed E-state index contributed by atoms with van der Waals surface area (Å²) in [6.45, 7) is 0. The van der Waals surface area contributed by atoms with Crippen LogP contribution in [0.3, 0.4) is 0 Å². The molecule has 0 aliphatic rings. The first-order valence-corrected chi connectivity index (χ1v) is 7.87. The molecule has 2 aromatic rings. The van der Waals surface area contributed by atoms with Gasteiger partial charge in [-0.25, -0.2) is 0 Å². The maximum Gasteiger partial charge on any atom is 0.0994 e. The highest BCUT2D eigenvalue weighted by Gasteiger charge is 2.18. The Kier molecular flexibility index (Phi) is 4.24. The van der Waals surface area contributed by atoms with Crippen molar-refractivity contribution in [2.45, 2.75) is 5.38 Å². The van der Waals surface area contributed by atoms with Gasteiger partial charge in [0.15, 0.2) is 0 Å². The van der Waals surface area contributed by atoms with Crippen molar-refractivity contribution >= 4 is 80.1 Å². The van der Waals surface area contributed by atoms with Crippen LogP contribution in [-0.2, 0) is 0 Å². The quantitative estimate of drug-likeness (QED) is 0.418. The summed E-state index contributed by atoms with van der Waals surface area (Å²) in [5.41, 5.74) is 1.96. The van der Waals surface area contributed by atoms with Gasteiger partial charge in [0.05, 0.1) is 16.9 Å². The molecule has 0 nitrogen and oxygen atoms in total. The van der Waals surface area contributed by atoms with Crippen LogP contribution in [0.15, 0.2) is 17.5 Å². The summed E-state index contributed by atoms with van der Waals surface area (Å²) in [7, 11) is 0. The summed E-state index contributed by atoms with van der Waals surface area (Å²) < 4.78 is 2.55. The van der Waals surface area contributed by atoms with E-state index in [9.17, 15) is 0 Å². The Morgan fingerprint density at radius 3 is 2.47 bits per heavy atom. The summed E-state index contributed by atoms with van der Waals surface area (Å²) in [6.07, 6.45) is 0. The molecule has 2 rings (SSSR count). The van der Waals surface area contributed by atoms with E-state index in [1.165, 1.54) is 14.2 Å². The van der Waals surface area contributed by atoms with Crippen LogP contribution in [0, 0.1) is 2.88 Å². The molecule has 0 saturated heterocycles. The Morgan fingerprint density at radius 2 is 2.00 bits per heavy atom. The summed E-state index contributed by atoms with van der Waals surface area (Å²) in [5.74, 6) is 0. The fourth-order valence-corrected chi connectivity index (χ4v) is 4.59. The predicted molar refractivity (Wildman–Crippen MR) is 79.1 cm³/mol. The number of thiophene rings is 2. The van der Waals surface area contributed by atoms with E-state index in [1.807, 2.05) is 11.4 Å². The maximum absolute atomic E-state index is 6.33. The van der Waals surface area contributed by atoms with E-state index >= 15 is 0 Å². The zero-order chi connectivity index (χ0) is 11.0. The van der Waals surface area contributed by atoms with Crippen molar-refractivity contribution in [3.8, 4) is 0 Å². The Labute approximate surface area is 124 Å². The third-order valence-electron chi connectivity index (χ3n) is 1.84. The first kappa shape index (κ1) is 12.5. The van der Waals surface area contributed by atoms with Crippen molar-refractivity contribution in [3.05, 3.63) is 40.2 Å². The van der Waals surface area contributed by atoms with Crippen molar-refractivity contribution in [2.75, 3.05) is 0 Å². The minimum Gasteiger partial charge on any atom is -0.137 e. The lowest BCUT2D eigenvalue weighted by atomic mass is 10.1. The topological polar surface area (TPSA) is 0 Å². The van der Waals surface area contributed by atoms with Crippen molar-refractivity contribution < 1.29 is 0 Å². The second-order valence-electron chi connectivity index (χ2n) is 2.83. The fraction of sp³-hybridized carbons (Fsp3) is 0.111. The molecule has 2 heterocycles. The molecule has 0 bridgehead atoms. The van der Waals surface area contributed by atoms with E-state index < -0.39 is 0 Å². The summed E-state index contributed by atoms with van der Waals surface area (Å²) in [6, 6.07) is 3.89. The minimum atomic E-state index is -0.207. The highest BCUT2D eigenvalue weighted by atomic mass is 127. The van der Waals surface area contributed by atoms with Crippen LogP contribution in [0.2, 0.25) is 8.67 Å². The van der Waals surface area contributed by atoms with E-state index in [-0.39, 0.29) is 5.38 Å². The van der Waals surface area contributed by atoms with Gasteiger partial charge in [0.2, 0.25) is 0 Å². The lowest BCUT2D eigenvalue weighted by Gasteiger charge is -2.05. The van der Waals surface area contributed by atoms with Gasteiger partial charge in [-0.05, 0) is 45.7 Å². The molecule has 0 N–H and O–H groups in total. The SMILES string of the molecule is Clc1cc(C(Cl)c2csc(I)c2)c(Cl)s1. The van der Waals surface area contributed by atoms with Crippen molar-refractivity contribution in [1.29, 1.82) is 0 Å². The highest BCUT2D eigenvalue weighted by molar-refractivity contribution is 14.1. The second-order valence-corrected chi connectivity index (χ2v) is 8.35. The first-order chi connectivity index (χ1) is 7.08. The van der Waals surface area contributed by atoms with Gasteiger partial charge in [-0.15, -0.1) is 34.3 Å². The smallest absolute Gasteiger partial charge is 0.0994 e. The molecule has 6 heteroatoms. The molecule has 80 valence electrons. The van der Waals surface area contributed by atoms with Crippen LogP contribution in [0.25, 0.3) is 0 Å². The van der Waals surface area contributed by atoms with Crippen LogP contribution < -0.4 is 0 Å². The monoisotopic (exact) mass is 408 g/mol. The molecule has 0 aliphatic carbocycles. The number of rotatable bonds is 2.